The monoisotopic (exact) mass is 154 g/mol. The molecule has 1 heterocycles. The standard InChI is InChI=1S/C8H11FN2/c1-8(2,3)7-4-6(9)5-10-11-7/h4-5H,1-3H3. The van der Waals surface area contributed by atoms with E-state index in [0.717, 1.165) is 6.20 Å². The quantitative estimate of drug-likeness (QED) is 0.570. The molecule has 1 aromatic heterocycles. The average molecular weight is 154 g/mol. The molecule has 0 unspecified atom stereocenters. The number of rotatable bonds is 0. The molecule has 0 radical (unpaired) electrons. The molecule has 0 aliphatic carbocycles. The SMILES string of the molecule is CC(C)(C)c1cc(F)cnn1. The highest BCUT2D eigenvalue weighted by Gasteiger charge is 2.15. The Bertz CT molecular complexity index is 253. The van der Waals surface area contributed by atoms with E-state index in [1.165, 1.54) is 6.07 Å². The van der Waals surface area contributed by atoms with Gasteiger partial charge in [0, 0.05) is 5.41 Å². The number of aromatic nitrogens is 2. The summed E-state index contributed by atoms with van der Waals surface area (Å²) in [6.07, 6.45) is 1.11. The van der Waals surface area contributed by atoms with Gasteiger partial charge in [-0.2, -0.15) is 10.2 Å². The lowest BCUT2D eigenvalue weighted by molar-refractivity contribution is 0.537. The van der Waals surface area contributed by atoms with Crippen molar-refractivity contribution in [3.8, 4) is 0 Å². The van der Waals surface area contributed by atoms with Crippen molar-refractivity contribution in [1.29, 1.82) is 0 Å². The van der Waals surface area contributed by atoms with Crippen LogP contribution in [0.25, 0.3) is 0 Å². The van der Waals surface area contributed by atoms with E-state index in [4.69, 9.17) is 0 Å². The predicted octanol–water partition coefficient (Wildman–Crippen LogP) is 1.91. The number of halogens is 1. The third-order valence-corrected chi connectivity index (χ3v) is 1.39. The first-order valence-electron chi connectivity index (χ1n) is 3.49. The van der Waals surface area contributed by atoms with E-state index < -0.39 is 0 Å². The van der Waals surface area contributed by atoms with Crippen LogP contribution in [0.3, 0.4) is 0 Å². The highest BCUT2D eigenvalue weighted by Crippen LogP contribution is 2.18. The molecule has 1 rings (SSSR count). The largest absolute Gasteiger partial charge is 0.205 e. The Kier molecular flexibility index (Phi) is 1.89. The third kappa shape index (κ3) is 1.97. The molecular weight excluding hydrogens is 143 g/mol. The Balaban J connectivity index is 3.06. The van der Waals surface area contributed by atoms with Crippen LogP contribution in [0.4, 0.5) is 4.39 Å². The lowest BCUT2D eigenvalue weighted by Crippen LogP contribution is -2.14. The maximum atomic E-state index is 12.6. The summed E-state index contributed by atoms with van der Waals surface area (Å²) in [4.78, 5) is 0. The van der Waals surface area contributed by atoms with Crippen molar-refractivity contribution >= 4 is 0 Å². The van der Waals surface area contributed by atoms with E-state index >= 15 is 0 Å². The van der Waals surface area contributed by atoms with Gasteiger partial charge < -0.3 is 0 Å². The molecule has 2 nitrogen and oxygen atoms in total. The van der Waals surface area contributed by atoms with Gasteiger partial charge in [-0.1, -0.05) is 20.8 Å². The fraction of sp³-hybridized carbons (Fsp3) is 0.500. The van der Waals surface area contributed by atoms with E-state index in [-0.39, 0.29) is 11.2 Å². The minimum absolute atomic E-state index is 0.130. The Hall–Kier alpha value is -0.990. The van der Waals surface area contributed by atoms with E-state index in [1.807, 2.05) is 20.8 Å². The van der Waals surface area contributed by atoms with Crippen LogP contribution in [0, 0.1) is 5.82 Å². The van der Waals surface area contributed by atoms with Crippen molar-refractivity contribution in [1.82, 2.24) is 10.2 Å². The van der Waals surface area contributed by atoms with Crippen LogP contribution in [0.2, 0.25) is 0 Å². The highest BCUT2D eigenvalue weighted by atomic mass is 19.1. The van der Waals surface area contributed by atoms with E-state index in [2.05, 4.69) is 10.2 Å². The van der Waals surface area contributed by atoms with Gasteiger partial charge in [-0.3, -0.25) is 0 Å². The van der Waals surface area contributed by atoms with Crippen molar-refractivity contribution in [2.75, 3.05) is 0 Å². The first-order valence-corrected chi connectivity index (χ1v) is 3.49. The minimum atomic E-state index is -0.329. The van der Waals surface area contributed by atoms with Gasteiger partial charge in [-0.05, 0) is 6.07 Å². The van der Waals surface area contributed by atoms with E-state index in [1.54, 1.807) is 0 Å². The molecular formula is C8H11FN2. The van der Waals surface area contributed by atoms with Gasteiger partial charge in [-0.15, -0.1) is 0 Å². The van der Waals surface area contributed by atoms with Crippen LogP contribution in [0.5, 0.6) is 0 Å². The molecule has 0 saturated carbocycles. The lowest BCUT2D eigenvalue weighted by atomic mass is 9.92. The van der Waals surface area contributed by atoms with Gasteiger partial charge in [-0.25, -0.2) is 4.39 Å². The molecule has 0 atom stereocenters. The zero-order valence-electron chi connectivity index (χ0n) is 6.93. The summed E-state index contributed by atoms with van der Waals surface area (Å²) in [5.74, 6) is -0.329. The van der Waals surface area contributed by atoms with Gasteiger partial charge in [0.15, 0.2) is 0 Å². The zero-order valence-corrected chi connectivity index (χ0v) is 6.93. The van der Waals surface area contributed by atoms with E-state index in [9.17, 15) is 4.39 Å². The van der Waals surface area contributed by atoms with Crippen LogP contribution < -0.4 is 0 Å². The zero-order chi connectivity index (χ0) is 8.48. The van der Waals surface area contributed by atoms with E-state index in [0.29, 0.717) is 5.69 Å². The minimum Gasteiger partial charge on any atom is -0.205 e. The second kappa shape index (κ2) is 2.57. The molecule has 60 valence electrons. The molecule has 0 N–H and O–H groups in total. The molecule has 0 aliphatic rings. The smallest absolute Gasteiger partial charge is 0.145 e. The van der Waals surface area contributed by atoms with Crippen LogP contribution >= 0.6 is 0 Å². The first kappa shape index (κ1) is 8.11. The molecule has 1 aromatic rings. The molecule has 0 amide bonds. The summed E-state index contributed by atoms with van der Waals surface area (Å²) in [5, 5.41) is 7.35. The predicted molar refractivity (Wildman–Crippen MR) is 40.7 cm³/mol. The second-order valence-corrected chi connectivity index (χ2v) is 3.51. The van der Waals surface area contributed by atoms with Gasteiger partial charge in [0.1, 0.15) is 5.82 Å². The van der Waals surface area contributed by atoms with Crippen molar-refractivity contribution in [3.05, 3.63) is 23.8 Å². The molecule has 0 fully saturated rings. The second-order valence-electron chi connectivity index (χ2n) is 3.51. The number of hydrogen-bond acceptors (Lipinski definition) is 2. The van der Waals surface area contributed by atoms with Gasteiger partial charge >= 0.3 is 0 Å². The Morgan fingerprint density at radius 2 is 2.00 bits per heavy atom. The summed E-state index contributed by atoms with van der Waals surface area (Å²) in [5.41, 5.74) is 0.548. The molecule has 0 bridgehead atoms. The van der Waals surface area contributed by atoms with Crippen LogP contribution in [0.1, 0.15) is 26.5 Å². The Morgan fingerprint density at radius 1 is 1.36 bits per heavy atom. The maximum absolute atomic E-state index is 12.6. The number of hydrogen-bond donors (Lipinski definition) is 0. The molecule has 3 heteroatoms. The maximum Gasteiger partial charge on any atom is 0.145 e. The fourth-order valence-corrected chi connectivity index (χ4v) is 0.709. The van der Waals surface area contributed by atoms with Crippen molar-refractivity contribution in [2.45, 2.75) is 26.2 Å². The summed E-state index contributed by atoms with van der Waals surface area (Å²) in [6.45, 7) is 5.91. The normalized spacial score (nSPS) is 11.6. The Morgan fingerprint density at radius 3 is 2.36 bits per heavy atom. The molecule has 0 aliphatic heterocycles. The van der Waals surface area contributed by atoms with Crippen molar-refractivity contribution < 1.29 is 4.39 Å². The fourth-order valence-electron chi connectivity index (χ4n) is 0.709. The third-order valence-electron chi connectivity index (χ3n) is 1.39. The van der Waals surface area contributed by atoms with Crippen molar-refractivity contribution in [3.63, 3.8) is 0 Å². The summed E-state index contributed by atoms with van der Waals surface area (Å²) in [6, 6.07) is 1.41. The van der Waals surface area contributed by atoms with Crippen LogP contribution in [-0.4, -0.2) is 10.2 Å². The average Bonchev–Trinajstić information content (AvgIpc) is 1.86. The molecule has 0 aromatic carbocycles. The molecule has 11 heavy (non-hydrogen) atoms. The first-order chi connectivity index (χ1) is 5.00. The summed E-state index contributed by atoms with van der Waals surface area (Å²) >= 11 is 0. The highest BCUT2D eigenvalue weighted by molar-refractivity contribution is 5.11. The van der Waals surface area contributed by atoms with Crippen LogP contribution in [-0.2, 0) is 5.41 Å². The lowest BCUT2D eigenvalue weighted by Gasteiger charge is -2.15. The topological polar surface area (TPSA) is 25.8 Å². The van der Waals surface area contributed by atoms with Gasteiger partial charge in [0.2, 0.25) is 0 Å². The van der Waals surface area contributed by atoms with Crippen molar-refractivity contribution in [2.24, 2.45) is 0 Å². The Labute approximate surface area is 65.5 Å². The number of nitrogens with zero attached hydrogens (tertiary/aromatic N) is 2. The van der Waals surface area contributed by atoms with Gasteiger partial charge in [0.25, 0.3) is 0 Å². The summed E-state index contributed by atoms with van der Waals surface area (Å²) in [7, 11) is 0. The molecule has 0 saturated heterocycles. The van der Waals surface area contributed by atoms with Crippen LogP contribution in [0.15, 0.2) is 12.3 Å². The van der Waals surface area contributed by atoms with Gasteiger partial charge in [0.05, 0.1) is 11.9 Å². The molecule has 0 spiro atoms. The summed E-state index contributed by atoms with van der Waals surface area (Å²) < 4.78 is 12.6.